The lowest BCUT2D eigenvalue weighted by molar-refractivity contribution is 0.122. The Morgan fingerprint density at radius 1 is 1.46 bits per heavy atom. The normalized spacial score (nSPS) is 19.4. The number of nitrogens with zero attached hydrogens (tertiary/aromatic N) is 1. The van der Waals surface area contributed by atoms with E-state index in [0.29, 0.717) is 36.4 Å². The van der Waals surface area contributed by atoms with Gasteiger partial charge in [-0.25, -0.2) is 13.1 Å². The van der Waals surface area contributed by atoms with Crippen molar-refractivity contribution in [2.75, 3.05) is 39.4 Å². The Kier molecular flexibility index (Phi) is 7.31. The molecule has 6 nitrogen and oxygen atoms in total. The minimum absolute atomic E-state index is 0.141. The SMILES string of the molecule is CCOc1cc(S(=O)(=O)NCCN2CCCC(CO)C2)ccc1Cl. The van der Waals surface area contributed by atoms with Crippen molar-refractivity contribution < 1.29 is 18.3 Å². The lowest BCUT2D eigenvalue weighted by Crippen LogP contribution is -2.41. The summed E-state index contributed by atoms with van der Waals surface area (Å²) in [7, 11) is -3.60. The molecule has 0 radical (unpaired) electrons. The molecule has 136 valence electrons. The molecule has 8 heteroatoms. The summed E-state index contributed by atoms with van der Waals surface area (Å²) in [6, 6.07) is 4.43. The number of likely N-dealkylation sites (tertiary alicyclic amines) is 1. The standard InChI is InChI=1S/C16H25ClN2O4S/c1-2-23-16-10-14(5-6-15(16)17)24(21,22)18-7-9-19-8-3-4-13(11-19)12-20/h5-6,10,13,18,20H,2-4,7-9,11-12H2,1H3. The van der Waals surface area contributed by atoms with Crippen LogP contribution in [0.25, 0.3) is 0 Å². The number of halogens is 1. The summed E-state index contributed by atoms with van der Waals surface area (Å²) in [5.41, 5.74) is 0. The van der Waals surface area contributed by atoms with Crippen molar-refractivity contribution in [3.05, 3.63) is 23.2 Å². The zero-order valence-electron chi connectivity index (χ0n) is 13.9. The van der Waals surface area contributed by atoms with Crippen molar-refractivity contribution in [2.24, 2.45) is 5.92 Å². The zero-order valence-corrected chi connectivity index (χ0v) is 15.4. The molecule has 2 rings (SSSR count). The first-order valence-electron chi connectivity index (χ1n) is 8.21. The van der Waals surface area contributed by atoms with Gasteiger partial charge in [-0.2, -0.15) is 0 Å². The van der Waals surface area contributed by atoms with Gasteiger partial charge in [-0.15, -0.1) is 0 Å². The van der Waals surface area contributed by atoms with Crippen LogP contribution in [0.1, 0.15) is 19.8 Å². The van der Waals surface area contributed by atoms with E-state index in [1.165, 1.54) is 18.2 Å². The van der Waals surface area contributed by atoms with E-state index in [1.807, 2.05) is 6.92 Å². The largest absolute Gasteiger partial charge is 0.492 e. The third-order valence-corrected chi connectivity index (χ3v) is 5.87. The monoisotopic (exact) mass is 376 g/mol. The number of hydrogen-bond acceptors (Lipinski definition) is 5. The minimum atomic E-state index is -3.60. The van der Waals surface area contributed by atoms with E-state index in [9.17, 15) is 13.5 Å². The average molecular weight is 377 g/mol. The van der Waals surface area contributed by atoms with Crippen molar-refractivity contribution in [3.8, 4) is 5.75 Å². The summed E-state index contributed by atoms with van der Waals surface area (Å²) in [4.78, 5) is 2.32. The number of aliphatic hydroxyl groups is 1. The Morgan fingerprint density at radius 2 is 2.25 bits per heavy atom. The molecule has 0 aliphatic carbocycles. The van der Waals surface area contributed by atoms with Crippen LogP contribution in [0.3, 0.4) is 0 Å². The maximum absolute atomic E-state index is 12.4. The van der Waals surface area contributed by atoms with Gasteiger partial charge in [-0.1, -0.05) is 11.6 Å². The molecule has 1 aliphatic heterocycles. The van der Waals surface area contributed by atoms with Crippen molar-refractivity contribution in [2.45, 2.75) is 24.7 Å². The van der Waals surface area contributed by atoms with Gasteiger partial charge >= 0.3 is 0 Å². The Bertz CT molecular complexity index is 639. The van der Waals surface area contributed by atoms with Crippen LogP contribution in [0.2, 0.25) is 5.02 Å². The highest BCUT2D eigenvalue weighted by molar-refractivity contribution is 7.89. The topological polar surface area (TPSA) is 78.9 Å². The first-order valence-corrected chi connectivity index (χ1v) is 10.1. The molecule has 1 atom stereocenters. The molecule has 1 unspecified atom stereocenters. The van der Waals surface area contributed by atoms with Crippen LogP contribution >= 0.6 is 11.6 Å². The molecule has 0 aromatic heterocycles. The Balaban J connectivity index is 1.92. The molecule has 1 aromatic carbocycles. The number of rotatable bonds is 8. The number of piperidine rings is 1. The van der Waals surface area contributed by atoms with Crippen molar-refractivity contribution in [1.82, 2.24) is 9.62 Å². The number of hydrogen-bond donors (Lipinski definition) is 2. The number of ether oxygens (including phenoxy) is 1. The van der Waals surface area contributed by atoms with Gasteiger partial charge in [0.05, 0.1) is 16.5 Å². The summed E-state index contributed by atoms with van der Waals surface area (Å²) in [6.45, 7) is 5.12. The second kappa shape index (κ2) is 9.01. The van der Waals surface area contributed by atoms with Crippen LogP contribution in [-0.4, -0.2) is 57.8 Å². The highest BCUT2D eigenvalue weighted by Crippen LogP contribution is 2.27. The fourth-order valence-corrected chi connectivity index (χ4v) is 4.05. The molecule has 1 heterocycles. The lowest BCUT2D eigenvalue weighted by Gasteiger charge is -2.31. The van der Waals surface area contributed by atoms with E-state index >= 15 is 0 Å². The smallest absolute Gasteiger partial charge is 0.240 e. The first-order chi connectivity index (χ1) is 11.5. The molecule has 2 N–H and O–H groups in total. The molecule has 1 aromatic rings. The van der Waals surface area contributed by atoms with E-state index in [4.69, 9.17) is 16.3 Å². The molecule has 0 amide bonds. The number of benzene rings is 1. The fourth-order valence-electron chi connectivity index (χ4n) is 2.84. The first kappa shape index (κ1) is 19.5. The van der Waals surface area contributed by atoms with E-state index in [-0.39, 0.29) is 11.5 Å². The van der Waals surface area contributed by atoms with Crippen molar-refractivity contribution in [3.63, 3.8) is 0 Å². The van der Waals surface area contributed by atoms with Crippen molar-refractivity contribution in [1.29, 1.82) is 0 Å². The Hall–Kier alpha value is -0.860. The third kappa shape index (κ3) is 5.32. The molecule has 0 spiro atoms. The van der Waals surface area contributed by atoms with Gasteiger partial charge in [0.2, 0.25) is 10.0 Å². The lowest BCUT2D eigenvalue weighted by atomic mass is 9.99. The van der Waals surface area contributed by atoms with Crippen molar-refractivity contribution >= 4 is 21.6 Å². The van der Waals surface area contributed by atoms with E-state index in [1.54, 1.807) is 0 Å². The minimum Gasteiger partial charge on any atom is -0.492 e. The van der Waals surface area contributed by atoms with Crippen LogP contribution < -0.4 is 9.46 Å². The highest BCUT2D eigenvalue weighted by atomic mass is 35.5. The highest BCUT2D eigenvalue weighted by Gasteiger charge is 2.20. The van der Waals surface area contributed by atoms with Gasteiger partial charge in [0.15, 0.2) is 0 Å². The van der Waals surface area contributed by atoms with Gasteiger partial charge in [-0.3, -0.25) is 0 Å². The molecule has 1 fully saturated rings. The zero-order chi connectivity index (χ0) is 17.6. The maximum Gasteiger partial charge on any atom is 0.240 e. The van der Waals surface area contributed by atoms with Crippen LogP contribution in [0.15, 0.2) is 23.1 Å². The van der Waals surface area contributed by atoms with Crippen LogP contribution in [-0.2, 0) is 10.0 Å². The average Bonchev–Trinajstić information content (AvgIpc) is 2.57. The number of nitrogens with one attached hydrogen (secondary N) is 1. The van der Waals surface area contributed by atoms with Crippen LogP contribution in [0, 0.1) is 5.92 Å². The second-order valence-corrected chi connectivity index (χ2v) is 8.09. The predicted molar refractivity (Wildman–Crippen MR) is 94.1 cm³/mol. The van der Waals surface area contributed by atoms with E-state index in [2.05, 4.69) is 9.62 Å². The third-order valence-electron chi connectivity index (χ3n) is 4.09. The molecular formula is C16H25ClN2O4S. The van der Waals surface area contributed by atoms with Gasteiger partial charge in [-0.05, 0) is 44.4 Å². The maximum atomic E-state index is 12.4. The van der Waals surface area contributed by atoms with Crippen LogP contribution in [0.4, 0.5) is 0 Å². The quantitative estimate of drug-likeness (QED) is 0.722. The van der Waals surface area contributed by atoms with Crippen LogP contribution in [0.5, 0.6) is 5.75 Å². The number of sulfonamides is 1. The molecule has 1 aliphatic rings. The van der Waals surface area contributed by atoms with Gasteiger partial charge < -0.3 is 14.7 Å². The molecular weight excluding hydrogens is 352 g/mol. The molecule has 24 heavy (non-hydrogen) atoms. The summed E-state index contributed by atoms with van der Waals surface area (Å²) in [6.07, 6.45) is 2.07. The summed E-state index contributed by atoms with van der Waals surface area (Å²) >= 11 is 5.99. The Morgan fingerprint density at radius 3 is 2.96 bits per heavy atom. The summed E-state index contributed by atoms with van der Waals surface area (Å²) in [5.74, 6) is 0.657. The fraction of sp³-hybridized carbons (Fsp3) is 0.625. The van der Waals surface area contributed by atoms with Gasteiger partial charge in [0, 0.05) is 32.3 Å². The summed E-state index contributed by atoms with van der Waals surface area (Å²) in [5, 5.41) is 9.63. The van der Waals surface area contributed by atoms with Gasteiger partial charge in [0.25, 0.3) is 0 Å². The summed E-state index contributed by atoms with van der Waals surface area (Å²) < 4.78 is 32.7. The molecule has 0 bridgehead atoms. The second-order valence-electron chi connectivity index (χ2n) is 5.91. The predicted octanol–water partition coefficient (Wildman–Crippen LogP) is 1.72. The van der Waals surface area contributed by atoms with E-state index < -0.39 is 10.0 Å². The number of aliphatic hydroxyl groups excluding tert-OH is 1. The molecule has 0 saturated carbocycles. The Labute approximate surface area is 148 Å². The van der Waals surface area contributed by atoms with E-state index in [0.717, 1.165) is 25.9 Å². The molecule has 1 saturated heterocycles. The van der Waals surface area contributed by atoms with Gasteiger partial charge in [0.1, 0.15) is 5.75 Å².